The van der Waals surface area contributed by atoms with Gasteiger partial charge in [-0.05, 0) is 145 Å². The van der Waals surface area contributed by atoms with Crippen LogP contribution in [0.4, 0.5) is 0 Å². The minimum atomic E-state index is -0.841. The molecular formula is C36H52O4. The Morgan fingerprint density at radius 3 is 2.20 bits per heavy atom. The highest BCUT2D eigenvalue weighted by molar-refractivity contribution is 5.87. The summed E-state index contributed by atoms with van der Waals surface area (Å²) in [5.74, 6) is 2.98. The lowest BCUT2D eigenvalue weighted by molar-refractivity contribution is -0.206. The molecule has 1 aromatic rings. The van der Waals surface area contributed by atoms with Crippen molar-refractivity contribution in [1.29, 1.82) is 0 Å². The quantitative estimate of drug-likeness (QED) is 0.394. The molecule has 10 atom stereocenters. The zero-order valence-corrected chi connectivity index (χ0v) is 25.7. The Morgan fingerprint density at radius 2 is 1.52 bits per heavy atom. The van der Waals surface area contributed by atoms with Crippen LogP contribution >= 0.6 is 0 Å². The standard InChI is InChI=1S/C36H52O4/c1-21(2)24-12-18-36(32(39)40)19-14-27-25(30(24)36)10-11-29-34(27,5)17-15-28-33(3,4)26(13-16-35(28,29)6)22-8-7-9-23(20-22)31(37)38/h7-9,20-21,24-30H,10-19H2,1-6H3,(H,37,38)(H,39,40)/t24?,25-,26+,27?,28?,29?,30?,34-,35-,36-/m0/s1. The fraction of sp³-hybridized carbons (Fsp3) is 0.778. The number of aliphatic carboxylic acids is 1. The van der Waals surface area contributed by atoms with Crippen LogP contribution in [0.5, 0.6) is 0 Å². The van der Waals surface area contributed by atoms with Gasteiger partial charge in [-0.15, -0.1) is 0 Å². The van der Waals surface area contributed by atoms with Crippen LogP contribution in [-0.4, -0.2) is 22.2 Å². The van der Waals surface area contributed by atoms with Gasteiger partial charge in [0, 0.05) is 0 Å². The first kappa shape index (κ1) is 28.3. The van der Waals surface area contributed by atoms with Gasteiger partial charge in [-0.3, -0.25) is 4.79 Å². The summed E-state index contributed by atoms with van der Waals surface area (Å²) in [6.45, 7) is 14.8. The van der Waals surface area contributed by atoms with Crippen LogP contribution in [0.25, 0.3) is 0 Å². The van der Waals surface area contributed by atoms with Gasteiger partial charge in [0.15, 0.2) is 0 Å². The van der Waals surface area contributed by atoms with Crippen molar-refractivity contribution in [2.24, 2.45) is 63.1 Å². The van der Waals surface area contributed by atoms with Crippen LogP contribution < -0.4 is 0 Å². The van der Waals surface area contributed by atoms with E-state index in [4.69, 9.17) is 0 Å². The van der Waals surface area contributed by atoms with Crippen molar-refractivity contribution >= 4 is 11.9 Å². The second-order valence-corrected chi connectivity index (χ2v) is 16.3. The number of benzene rings is 1. The SMILES string of the molecule is CC(C)C1CC[C@]2(C(=O)O)CCC3[C@H](CCC4[C@@]3(C)CCC3C(C)(C)[C@@H](c5cccc(C(=O)O)c5)CC[C@@]34C)C12. The number of carbonyl (C=O) groups is 2. The number of carboxylic acids is 2. The predicted octanol–water partition coefficient (Wildman–Crippen LogP) is 8.90. The maximum absolute atomic E-state index is 12.8. The molecule has 220 valence electrons. The first-order chi connectivity index (χ1) is 18.8. The molecule has 2 N–H and O–H groups in total. The molecule has 0 saturated heterocycles. The first-order valence-corrected chi connectivity index (χ1v) is 16.3. The summed E-state index contributed by atoms with van der Waals surface area (Å²) in [4.78, 5) is 24.6. The van der Waals surface area contributed by atoms with E-state index in [2.05, 4.69) is 47.6 Å². The Bertz CT molecular complexity index is 1180. The number of rotatable bonds is 4. The van der Waals surface area contributed by atoms with Gasteiger partial charge in [-0.2, -0.15) is 0 Å². The van der Waals surface area contributed by atoms with E-state index in [0.717, 1.165) is 32.1 Å². The first-order valence-electron chi connectivity index (χ1n) is 16.3. The zero-order valence-electron chi connectivity index (χ0n) is 25.7. The lowest BCUT2D eigenvalue weighted by atomic mass is 9.35. The van der Waals surface area contributed by atoms with Crippen LogP contribution in [0.3, 0.4) is 0 Å². The van der Waals surface area contributed by atoms with E-state index >= 15 is 0 Å². The molecular weight excluding hydrogens is 496 g/mol. The number of fused-ring (bicyclic) bond motifs is 7. The van der Waals surface area contributed by atoms with Crippen molar-refractivity contribution in [2.75, 3.05) is 0 Å². The Kier molecular flexibility index (Phi) is 6.60. The van der Waals surface area contributed by atoms with Gasteiger partial charge >= 0.3 is 11.9 Å². The van der Waals surface area contributed by atoms with Crippen molar-refractivity contribution in [3.05, 3.63) is 35.4 Å². The smallest absolute Gasteiger partial charge is 0.335 e. The van der Waals surface area contributed by atoms with Crippen molar-refractivity contribution in [3.63, 3.8) is 0 Å². The van der Waals surface area contributed by atoms with Gasteiger partial charge in [0.2, 0.25) is 0 Å². The Morgan fingerprint density at radius 1 is 0.825 bits per heavy atom. The molecule has 5 unspecified atom stereocenters. The van der Waals surface area contributed by atoms with E-state index in [1.54, 1.807) is 6.07 Å². The highest BCUT2D eigenvalue weighted by Crippen LogP contribution is 2.74. The lowest BCUT2D eigenvalue weighted by Gasteiger charge is -2.69. The molecule has 0 aliphatic heterocycles. The highest BCUT2D eigenvalue weighted by Gasteiger charge is 2.68. The van der Waals surface area contributed by atoms with Gasteiger partial charge < -0.3 is 10.2 Å². The van der Waals surface area contributed by atoms with Crippen LogP contribution in [0.1, 0.15) is 128 Å². The van der Waals surface area contributed by atoms with Crippen molar-refractivity contribution in [1.82, 2.24) is 0 Å². The molecule has 5 aliphatic rings. The van der Waals surface area contributed by atoms with E-state index in [9.17, 15) is 19.8 Å². The van der Waals surface area contributed by atoms with Crippen LogP contribution in [0.2, 0.25) is 0 Å². The summed E-state index contributed by atoms with van der Waals surface area (Å²) in [7, 11) is 0. The average Bonchev–Trinajstić information content (AvgIpc) is 3.30. The van der Waals surface area contributed by atoms with Crippen LogP contribution in [-0.2, 0) is 4.79 Å². The van der Waals surface area contributed by atoms with Gasteiger partial charge in [0.05, 0.1) is 11.0 Å². The molecule has 0 bridgehead atoms. The lowest BCUT2D eigenvalue weighted by Crippen LogP contribution is -2.63. The molecule has 0 radical (unpaired) electrons. The Labute approximate surface area is 241 Å². The maximum atomic E-state index is 12.8. The van der Waals surface area contributed by atoms with Crippen molar-refractivity contribution in [2.45, 2.75) is 112 Å². The fourth-order valence-electron chi connectivity index (χ4n) is 12.9. The number of hydrogen-bond donors (Lipinski definition) is 2. The summed E-state index contributed by atoms with van der Waals surface area (Å²) in [5, 5.41) is 20.2. The van der Waals surface area contributed by atoms with Crippen molar-refractivity contribution < 1.29 is 19.8 Å². The molecule has 0 heterocycles. The molecule has 4 heteroatoms. The van der Waals surface area contributed by atoms with Gasteiger partial charge in [0.25, 0.3) is 0 Å². The predicted molar refractivity (Wildman–Crippen MR) is 158 cm³/mol. The summed E-state index contributed by atoms with van der Waals surface area (Å²) in [6.07, 6.45) is 11.2. The average molecular weight is 549 g/mol. The number of aromatic carboxylic acids is 1. The zero-order chi connectivity index (χ0) is 28.8. The molecule has 5 saturated carbocycles. The summed E-state index contributed by atoms with van der Waals surface area (Å²) in [5.41, 5.74) is 1.78. The normalized spacial score (nSPS) is 45.6. The number of carboxylic acid groups (broad SMARTS) is 2. The van der Waals surface area contributed by atoms with Gasteiger partial charge in [0.1, 0.15) is 0 Å². The van der Waals surface area contributed by atoms with E-state index in [0.29, 0.717) is 52.9 Å². The Hall–Kier alpha value is -1.84. The van der Waals surface area contributed by atoms with Crippen molar-refractivity contribution in [3.8, 4) is 0 Å². The van der Waals surface area contributed by atoms with Gasteiger partial charge in [-0.25, -0.2) is 4.79 Å². The van der Waals surface area contributed by atoms with E-state index < -0.39 is 17.4 Å². The molecule has 0 spiro atoms. The van der Waals surface area contributed by atoms with E-state index in [1.807, 2.05) is 12.1 Å². The topological polar surface area (TPSA) is 74.6 Å². The minimum Gasteiger partial charge on any atom is -0.481 e. The van der Waals surface area contributed by atoms with Crippen LogP contribution in [0.15, 0.2) is 24.3 Å². The summed E-state index contributed by atoms with van der Waals surface area (Å²) >= 11 is 0. The number of hydrogen-bond acceptors (Lipinski definition) is 2. The summed E-state index contributed by atoms with van der Waals surface area (Å²) in [6, 6.07) is 7.73. The van der Waals surface area contributed by atoms with E-state index in [-0.39, 0.29) is 16.2 Å². The molecule has 4 nitrogen and oxygen atoms in total. The summed E-state index contributed by atoms with van der Waals surface area (Å²) < 4.78 is 0. The second kappa shape index (κ2) is 9.33. The van der Waals surface area contributed by atoms with Crippen LogP contribution in [0, 0.1) is 63.1 Å². The molecule has 0 aromatic heterocycles. The van der Waals surface area contributed by atoms with E-state index in [1.165, 1.54) is 37.7 Å². The third-order valence-corrected chi connectivity index (χ3v) is 14.5. The third-order valence-electron chi connectivity index (χ3n) is 14.5. The molecule has 40 heavy (non-hydrogen) atoms. The highest BCUT2D eigenvalue weighted by atomic mass is 16.4. The minimum absolute atomic E-state index is 0.0987. The molecule has 1 aromatic carbocycles. The fourth-order valence-corrected chi connectivity index (χ4v) is 12.9. The largest absolute Gasteiger partial charge is 0.481 e. The third kappa shape index (κ3) is 3.75. The molecule has 0 amide bonds. The molecule has 6 rings (SSSR count). The monoisotopic (exact) mass is 548 g/mol. The molecule has 5 fully saturated rings. The maximum Gasteiger partial charge on any atom is 0.335 e. The Balaban J connectivity index is 1.31. The second-order valence-electron chi connectivity index (χ2n) is 16.3. The molecule has 5 aliphatic carbocycles. The van der Waals surface area contributed by atoms with Gasteiger partial charge in [-0.1, -0.05) is 53.7 Å².